The van der Waals surface area contributed by atoms with E-state index in [9.17, 15) is 9.18 Å². The highest BCUT2D eigenvalue weighted by atomic mass is 19.1. The Balaban J connectivity index is 1.78. The molecule has 5 nitrogen and oxygen atoms in total. The van der Waals surface area contributed by atoms with E-state index in [-0.39, 0.29) is 17.6 Å². The van der Waals surface area contributed by atoms with Crippen LogP contribution in [0.4, 0.5) is 4.39 Å². The Kier molecular flexibility index (Phi) is 4.43. The number of amides is 1. The number of carbonyl (C=O) groups excluding carboxylic acids is 1. The van der Waals surface area contributed by atoms with Gasteiger partial charge in [0.05, 0.1) is 17.9 Å². The normalized spacial score (nSPS) is 17.4. The largest absolute Gasteiger partial charge is 0.381 e. The van der Waals surface area contributed by atoms with Crippen molar-refractivity contribution in [3.8, 4) is 0 Å². The third-order valence-corrected chi connectivity index (χ3v) is 4.08. The van der Waals surface area contributed by atoms with Gasteiger partial charge in [0.1, 0.15) is 5.82 Å². The van der Waals surface area contributed by atoms with Gasteiger partial charge in [0.2, 0.25) is 0 Å². The number of ether oxygens (including phenoxy) is 1. The number of halogens is 1. The van der Waals surface area contributed by atoms with E-state index < -0.39 is 0 Å². The lowest BCUT2D eigenvalue weighted by atomic mass is 10.0. The first-order chi connectivity index (χ1) is 11.0. The zero-order chi connectivity index (χ0) is 16.4. The van der Waals surface area contributed by atoms with Gasteiger partial charge in [-0.15, -0.1) is 0 Å². The van der Waals surface area contributed by atoms with Crippen molar-refractivity contribution in [1.82, 2.24) is 14.7 Å². The second-order valence-electron chi connectivity index (χ2n) is 5.95. The highest BCUT2D eigenvalue weighted by Crippen LogP contribution is 2.27. The molecule has 1 fully saturated rings. The first-order valence-corrected chi connectivity index (χ1v) is 7.66. The van der Waals surface area contributed by atoms with Gasteiger partial charge in [-0.25, -0.2) is 4.39 Å². The minimum Gasteiger partial charge on any atom is -0.381 e. The van der Waals surface area contributed by atoms with Crippen molar-refractivity contribution >= 4 is 5.91 Å². The summed E-state index contributed by atoms with van der Waals surface area (Å²) < 4.78 is 20.1. The molecule has 1 saturated heterocycles. The van der Waals surface area contributed by atoms with Crippen molar-refractivity contribution in [2.75, 3.05) is 20.3 Å². The summed E-state index contributed by atoms with van der Waals surface area (Å²) in [7, 11) is 3.56. The zero-order valence-electron chi connectivity index (χ0n) is 13.3. The Hall–Kier alpha value is -2.21. The lowest BCUT2D eigenvalue weighted by Crippen LogP contribution is -2.27. The van der Waals surface area contributed by atoms with Gasteiger partial charge in [0.25, 0.3) is 5.91 Å². The Morgan fingerprint density at radius 2 is 2.17 bits per heavy atom. The quantitative estimate of drug-likeness (QED) is 0.869. The van der Waals surface area contributed by atoms with E-state index >= 15 is 0 Å². The first kappa shape index (κ1) is 15.7. The molecule has 122 valence electrons. The molecule has 1 amide bonds. The molecular weight excluding hydrogens is 297 g/mol. The summed E-state index contributed by atoms with van der Waals surface area (Å²) in [5, 5.41) is 4.45. The second-order valence-corrected chi connectivity index (χ2v) is 5.95. The van der Waals surface area contributed by atoms with Crippen LogP contribution in [0.2, 0.25) is 0 Å². The van der Waals surface area contributed by atoms with Gasteiger partial charge in [0, 0.05) is 39.4 Å². The molecule has 1 aliphatic heterocycles. The zero-order valence-corrected chi connectivity index (χ0v) is 13.3. The minimum atomic E-state index is -0.279. The molecule has 3 rings (SSSR count). The van der Waals surface area contributed by atoms with Crippen LogP contribution >= 0.6 is 0 Å². The maximum Gasteiger partial charge on any atom is 0.257 e. The molecule has 1 atom stereocenters. The summed E-state index contributed by atoms with van der Waals surface area (Å²) in [6, 6.07) is 6.18. The summed E-state index contributed by atoms with van der Waals surface area (Å²) in [5.74, 6) is -0.183. The molecule has 6 heteroatoms. The van der Waals surface area contributed by atoms with E-state index in [1.54, 1.807) is 35.0 Å². The average Bonchev–Trinajstić information content (AvgIpc) is 3.17. The molecule has 1 aromatic heterocycles. The molecule has 0 spiro atoms. The number of nitrogens with zero attached hydrogens (tertiary/aromatic N) is 3. The van der Waals surface area contributed by atoms with E-state index in [1.807, 2.05) is 7.05 Å². The second kappa shape index (κ2) is 6.50. The fourth-order valence-corrected chi connectivity index (χ4v) is 2.86. The van der Waals surface area contributed by atoms with Crippen LogP contribution in [0.25, 0.3) is 0 Å². The van der Waals surface area contributed by atoms with Crippen molar-refractivity contribution in [3.05, 3.63) is 53.1 Å². The Morgan fingerprint density at radius 1 is 1.43 bits per heavy atom. The molecule has 1 aromatic carbocycles. The van der Waals surface area contributed by atoms with Gasteiger partial charge >= 0.3 is 0 Å². The Morgan fingerprint density at radius 3 is 2.83 bits per heavy atom. The van der Waals surface area contributed by atoms with Crippen LogP contribution in [0.1, 0.15) is 34.0 Å². The fourth-order valence-electron chi connectivity index (χ4n) is 2.86. The van der Waals surface area contributed by atoms with Crippen LogP contribution in [0.3, 0.4) is 0 Å². The summed E-state index contributed by atoms with van der Waals surface area (Å²) in [5.41, 5.74) is 2.31. The van der Waals surface area contributed by atoms with Gasteiger partial charge in [-0.1, -0.05) is 12.1 Å². The summed E-state index contributed by atoms with van der Waals surface area (Å²) in [6.07, 6.45) is 2.65. The first-order valence-electron chi connectivity index (χ1n) is 7.66. The summed E-state index contributed by atoms with van der Waals surface area (Å²) >= 11 is 0. The number of aryl methyl sites for hydroxylation is 1. The monoisotopic (exact) mass is 317 g/mol. The lowest BCUT2D eigenvalue weighted by molar-refractivity contribution is 0.0783. The van der Waals surface area contributed by atoms with Crippen LogP contribution in [0.15, 0.2) is 30.5 Å². The highest BCUT2D eigenvalue weighted by Gasteiger charge is 2.27. The summed E-state index contributed by atoms with van der Waals surface area (Å²) in [6.45, 7) is 1.74. The van der Waals surface area contributed by atoms with Crippen molar-refractivity contribution in [2.45, 2.75) is 18.9 Å². The van der Waals surface area contributed by atoms with Crippen LogP contribution in [-0.2, 0) is 18.3 Å². The van der Waals surface area contributed by atoms with Crippen LogP contribution < -0.4 is 0 Å². The molecule has 1 unspecified atom stereocenters. The number of rotatable bonds is 4. The predicted octanol–water partition coefficient (Wildman–Crippen LogP) is 2.34. The van der Waals surface area contributed by atoms with E-state index in [0.717, 1.165) is 17.7 Å². The average molecular weight is 317 g/mol. The molecule has 2 heterocycles. The van der Waals surface area contributed by atoms with Crippen molar-refractivity contribution in [2.24, 2.45) is 7.05 Å². The predicted molar refractivity (Wildman–Crippen MR) is 83.6 cm³/mol. The number of hydrogen-bond acceptors (Lipinski definition) is 3. The maximum atomic E-state index is 13.0. The lowest BCUT2D eigenvalue weighted by Gasteiger charge is -2.18. The molecule has 23 heavy (non-hydrogen) atoms. The molecular formula is C17H20FN3O2. The fraction of sp³-hybridized carbons (Fsp3) is 0.412. The Bertz CT molecular complexity index is 690. The van der Waals surface area contributed by atoms with E-state index in [0.29, 0.717) is 25.3 Å². The number of aromatic nitrogens is 2. The van der Waals surface area contributed by atoms with Crippen molar-refractivity contribution in [3.63, 3.8) is 0 Å². The molecule has 1 aliphatic rings. The number of hydrogen-bond donors (Lipinski definition) is 0. The third-order valence-electron chi connectivity index (χ3n) is 4.08. The Labute approximate surface area is 134 Å². The van der Waals surface area contributed by atoms with Gasteiger partial charge in [-0.3, -0.25) is 9.48 Å². The number of benzene rings is 1. The maximum absolute atomic E-state index is 13.0. The molecule has 0 bridgehead atoms. The molecule has 2 aromatic rings. The molecule has 0 aliphatic carbocycles. The van der Waals surface area contributed by atoms with Crippen molar-refractivity contribution < 1.29 is 13.9 Å². The van der Waals surface area contributed by atoms with Gasteiger partial charge in [-0.2, -0.15) is 5.10 Å². The van der Waals surface area contributed by atoms with Gasteiger partial charge in [0.15, 0.2) is 0 Å². The van der Waals surface area contributed by atoms with E-state index in [2.05, 4.69) is 5.10 Å². The standard InChI is InChI=1S/C17H20FN3O2/c1-20(9-12-3-5-14(18)6-4-12)17(22)15-10-21(2)19-16(15)13-7-8-23-11-13/h3-6,10,13H,7-9,11H2,1-2H3. The third kappa shape index (κ3) is 3.42. The van der Waals surface area contributed by atoms with Crippen LogP contribution in [-0.4, -0.2) is 40.8 Å². The minimum absolute atomic E-state index is 0.0793. The topological polar surface area (TPSA) is 47.4 Å². The van der Waals surface area contributed by atoms with Gasteiger partial charge in [-0.05, 0) is 24.1 Å². The van der Waals surface area contributed by atoms with Crippen LogP contribution in [0, 0.1) is 5.82 Å². The van der Waals surface area contributed by atoms with E-state index in [1.165, 1.54) is 12.1 Å². The van der Waals surface area contributed by atoms with E-state index in [4.69, 9.17) is 4.74 Å². The smallest absolute Gasteiger partial charge is 0.257 e. The number of carbonyl (C=O) groups is 1. The van der Waals surface area contributed by atoms with Gasteiger partial charge < -0.3 is 9.64 Å². The molecule has 0 saturated carbocycles. The van der Waals surface area contributed by atoms with Crippen LogP contribution in [0.5, 0.6) is 0 Å². The molecule has 0 N–H and O–H groups in total. The summed E-state index contributed by atoms with van der Waals surface area (Å²) in [4.78, 5) is 14.4. The van der Waals surface area contributed by atoms with Crippen molar-refractivity contribution in [1.29, 1.82) is 0 Å². The highest BCUT2D eigenvalue weighted by molar-refractivity contribution is 5.95. The SMILES string of the molecule is CN(Cc1ccc(F)cc1)C(=O)c1cn(C)nc1C1CCOC1. The molecule has 0 radical (unpaired) electrons.